The van der Waals surface area contributed by atoms with Gasteiger partial charge in [-0.15, -0.1) is 0 Å². The third-order valence-electron chi connectivity index (χ3n) is 10.9. The van der Waals surface area contributed by atoms with Gasteiger partial charge in [-0.25, -0.2) is 0 Å². The van der Waals surface area contributed by atoms with Crippen molar-refractivity contribution < 1.29 is 24.5 Å². The van der Waals surface area contributed by atoms with Crippen LogP contribution in [0.4, 0.5) is 0 Å². The topological polar surface area (TPSA) is 95.9 Å². The van der Waals surface area contributed by atoms with E-state index in [-0.39, 0.29) is 24.9 Å². The Balaban J connectivity index is 4.62. The predicted octanol–water partition coefficient (Wildman–Crippen LogP) is 14.6. The summed E-state index contributed by atoms with van der Waals surface area (Å²) in [4.78, 5) is 26.1. The third kappa shape index (κ3) is 41.8. The molecule has 0 aromatic carbocycles. The molecule has 0 aromatic heterocycles. The van der Waals surface area contributed by atoms with E-state index in [0.717, 1.165) is 89.9 Å². The van der Waals surface area contributed by atoms with Gasteiger partial charge in [-0.05, 0) is 70.6 Å². The standard InChI is InChI=1S/C53H93NO5/c1-4-7-10-13-16-19-22-23-24-25-26-27-28-31-34-37-40-43-46-53(58)59-49(44-41-38-35-32-29-20-17-14-11-8-5-2)47-52(57)54-50(48-55)51(56)45-42-39-36-33-30-21-18-15-12-9-6-3/h8,11,14,17,20,22-27,29,49-51,55-56H,4-7,9-10,12-13,15-16,18-19,21,28,30-48H2,1-3H3,(H,54,57)/b11-8+,17-14+,23-22+,25-24+,27-26+,29-20-. The van der Waals surface area contributed by atoms with Gasteiger partial charge in [-0.2, -0.15) is 0 Å². The van der Waals surface area contributed by atoms with Crippen LogP contribution in [0.2, 0.25) is 0 Å². The van der Waals surface area contributed by atoms with E-state index in [9.17, 15) is 19.8 Å². The summed E-state index contributed by atoms with van der Waals surface area (Å²) in [5.74, 6) is -0.536. The van der Waals surface area contributed by atoms with Gasteiger partial charge in [0.1, 0.15) is 6.10 Å². The van der Waals surface area contributed by atoms with Crippen LogP contribution >= 0.6 is 0 Å². The molecule has 0 heterocycles. The second-order valence-corrected chi connectivity index (χ2v) is 16.6. The number of hydrogen-bond acceptors (Lipinski definition) is 5. The summed E-state index contributed by atoms with van der Waals surface area (Å²) in [7, 11) is 0. The molecular weight excluding hydrogens is 731 g/mol. The predicted molar refractivity (Wildman–Crippen MR) is 255 cm³/mol. The Labute approximate surface area is 364 Å². The van der Waals surface area contributed by atoms with Crippen molar-refractivity contribution in [2.45, 2.75) is 244 Å². The first-order valence-electron chi connectivity index (χ1n) is 24.7. The molecular formula is C53H93NO5. The van der Waals surface area contributed by atoms with E-state index in [1.807, 2.05) is 12.2 Å². The molecule has 0 fully saturated rings. The third-order valence-corrected chi connectivity index (χ3v) is 10.9. The summed E-state index contributed by atoms with van der Waals surface area (Å²) in [6.45, 7) is 6.30. The summed E-state index contributed by atoms with van der Waals surface area (Å²) in [5, 5.41) is 23.7. The van der Waals surface area contributed by atoms with Crippen LogP contribution in [0.5, 0.6) is 0 Å². The number of rotatable bonds is 43. The molecule has 0 bridgehead atoms. The summed E-state index contributed by atoms with van der Waals surface area (Å²) in [5.41, 5.74) is 0. The molecule has 0 aliphatic carbocycles. The van der Waals surface area contributed by atoms with Gasteiger partial charge in [0, 0.05) is 6.42 Å². The quantitative estimate of drug-likeness (QED) is 0.0323. The van der Waals surface area contributed by atoms with Crippen LogP contribution in [-0.2, 0) is 14.3 Å². The number of hydrogen-bond donors (Lipinski definition) is 3. The molecule has 0 radical (unpaired) electrons. The lowest BCUT2D eigenvalue weighted by atomic mass is 10.0. The first-order valence-corrected chi connectivity index (χ1v) is 24.7. The molecule has 0 aliphatic heterocycles. The fourth-order valence-electron chi connectivity index (χ4n) is 7.14. The molecule has 59 heavy (non-hydrogen) atoms. The van der Waals surface area contributed by atoms with Gasteiger partial charge in [0.2, 0.25) is 5.91 Å². The molecule has 0 saturated carbocycles. The molecule has 0 saturated heterocycles. The van der Waals surface area contributed by atoms with Gasteiger partial charge in [-0.1, -0.05) is 216 Å². The Hall–Kier alpha value is -2.70. The van der Waals surface area contributed by atoms with E-state index < -0.39 is 18.2 Å². The maximum absolute atomic E-state index is 13.1. The van der Waals surface area contributed by atoms with Crippen LogP contribution in [0.15, 0.2) is 72.9 Å². The average Bonchev–Trinajstić information content (AvgIpc) is 3.23. The molecule has 6 heteroatoms. The Morgan fingerprint density at radius 3 is 1.39 bits per heavy atom. The smallest absolute Gasteiger partial charge is 0.306 e. The van der Waals surface area contributed by atoms with Crippen LogP contribution in [0.25, 0.3) is 0 Å². The van der Waals surface area contributed by atoms with Crippen molar-refractivity contribution in [3.05, 3.63) is 72.9 Å². The van der Waals surface area contributed by atoms with Gasteiger partial charge >= 0.3 is 5.97 Å². The second-order valence-electron chi connectivity index (χ2n) is 16.6. The summed E-state index contributed by atoms with van der Waals surface area (Å²) >= 11 is 0. The minimum Gasteiger partial charge on any atom is -0.462 e. The maximum Gasteiger partial charge on any atom is 0.306 e. The second kappa shape index (κ2) is 46.4. The number of allylic oxidation sites excluding steroid dienone is 12. The van der Waals surface area contributed by atoms with E-state index in [2.05, 4.69) is 86.8 Å². The first-order chi connectivity index (χ1) is 29.0. The summed E-state index contributed by atoms with van der Waals surface area (Å²) in [6, 6.07) is -0.718. The largest absolute Gasteiger partial charge is 0.462 e. The molecule has 0 spiro atoms. The fraction of sp³-hybridized carbons (Fsp3) is 0.736. The van der Waals surface area contributed by atoms with Crippen LogP contribution in [0, 0.1) is 0 Å². The Kier molecular flexibility index (Phi) is 44.2. The normalized spacial score (nSPS) is 13.9. The zero-order chi connectivity index (χ0) is 43.1. The van der Waals surface area contributed by atoms with Gasteiger partial charge in [0.15, 0.2) is 0 Å². The minimum atomic E-state index is -0.802. The van der Waals surface area contributed by atoms with Crippen LogP contribution in [0.1, 0.15) is 226 Å². The van der Waals surface area contributed by atoms with Crippen molar-refractivity contribution in [3.8, 4) is 0 Å². The molecule has 0 aromatic rings. The number of aliphatic hydroxyl groups is 2. The van der Waals surface area contributed by atoms with E-state index >= 15 is 0 Å². The zero-order valence-electron chi connectivity index (χ0n) is 38.6. The lowest BCUT2D eigenvalue weighted by Crippen LogP contribution is -2.46. The van der Waals surface area contributed by atoms with E-state index in [1.165, 1.54) is 89.9 Å². The Morgan fingerprint density at radius 2 is 0.915 bits per heavy atom. The summed E-state index contributed by atoms with van der Waals surface area (Å²) in [6.07, 6.45) is 58.2. The lowest BCUT2D eigenvalue weighted by Gasteiger charge is -2.24. The molecule has 6 nitrogen and oxygen atoms in total. The molecule has 0 aliphatic rings. The van der Waals surface area contributed by atoms with Gasteiger partial charge in [0.05, 0.1) is 25.2 Å². The number of carbonyl (C=O) groups excluding carboxylic acids is 2. The minimum absolute atomic E-state index is 0.0432. The highest BCUT2D eigenvalue weighted by Crippen LogP contribution is 2.17. The fourth-order valence-corrected chi connectivity index (χ4v) is 7.14. The number of carbonyl (C=O) groups is 2. The highest BCUT2D eigenvalue weighted by atomic mass is 16.5. The van der Waals surface area contributed by atoms with Gasteiger partial charge in [-0.3, -0.25) is 9.59 Å². The SMILES string of the molecule is CC/C=C/C=C/C=C\CCCCCC(CC(=O)NC(CO)C(O)CCCCCCCCCCCCC)OC(=O)CCCCCCC/C=C/C=C/C=C/CCCCCCC. The van der Waals surface area contributed by atoms with Crippen molar-refractivity contribution in [2.75, 3.05) is 6.61 Å². The van der Waals surface area contributed by atoms with E-state index in [4.69, 9.17) is 4.74 Å². The highest BCUT2D eigenvalue weighted by Gasteiger charge is 2.24. The van der Waals surface area contributed by atoms with Crippen molar-refractivity contribution in [1.82, 2.24) is 5.32 Å². The molecule has 3 N–H and O–H groups in total. The zero-order valence-corrected chi connectivity index (χ0v) is 38.6. The van der Waals surface area contributed by atoms with E-state index in [0.29, 0.717) is 19.3 Å². The number of amides is 1. The maximum atomic E-state index is 13.1. The van der Waals surface area contributed by atoms with Crippen molar-refractivity contribution >= 4 is 11.9 Å². The van der Waals surface area contributed by atoms with Gasteiger partial charge in [0.25, 0.3) is 0 Å². The van der Waals surface area contributed by atoms with Crippen molar-refractivity contribution in [2.24, 2.45) is 0 Å². The molecule has 3 unspecified atom stereocenters. The Bertz CT molecular complexity index is 1110. The number of unbranched alkanes of at least 4 members (excludes halogenated alkanes) is 23. The van der Waals surface area contributed by atoms with Crippen molar-refractivity contribution in [3.63, 3.8) is 0 Å². The number of esters is 1. The molecule has 0 rings (SSSR count). The van der Waals surface area contributed by atoms with Gasteiger partial charge < -0.3 is 20.3 Å². The number of nitrogens with one attached hydrogen (secondary N) is 1. The van der Waals surface area contributed by atoms with Crippen molar-refractivity contribution in [1.29, 1.82) is 0 Å². The Morgan fingerprint density at radius 1 is 0.508 bits per heavy atom. The van der Waals surface area contributed by atoms with Crippen LogP contribution in [-0.4, -0.2) is 46.9 Å². The highest BCUT2D eigenvalue weighted by molar-refractivity contribution is 5.77. The monoisotopic (exact) mass is 824 g/mol. The average molecular weight is 824 g/mol. The number of aliphatic hydroxyl groups excluding tert-OH is 2. The number of ether oxygens (including phenoxy) is 1. The lowest BCUT2D eigenvalue weighted by molar-refractivity contribution is -0.151. The molecule has 3 atom stereocenters. The molecule has 1 amide bonds. The van der Waals surface area contributed by atoms with Crippen LogP contribution in [0.3, 0.4) is 0 Å². The van der Waals surface area contributed by atoms with Crippen LogP contribution < -0.4 is 5.32 Å². The van der Waals surface area contributed by atoms with E-state index in [1.54, 1.807) is 0 Å². The summed E-state index contributed by atoms with van der Waals surface area (Å²) < 4.78 is 5.89. The molecule has 340 valence electrons. The first kappa shape index (κ1) is 56.3.